The molecule has 2 aromatic carbocycles. The Morgan fingerprint density at radius 2 is 1.74 bits per heavy atom. The van der Waals surface area contributed by atoms with Gasteiger partial charge in [0.25, 0.3) is 5.91 Å². The Morgan fingerprint density at radius 3 is 2.32 bits per heavy atom. The molecule has 6 nitrogen and oxygen atoms in total. The predicted octanol–water partition coefficient (Wildman–Crippen LogP) is 4.73. The number of aryl methyl sites for hydroxylation is 1. The fourth-order valence-electron chi connectivity index (χ4n) is 3.35. The lowest BCUT2D eigenvalue weighted by atomic mass is 10.0. The largest absolute Gasteiger partial charge is 0.401 e. The predicted molar refractivity (Wildman–Crippen MR) is 122 cm³/mol. The number of nitrogens with one attached hydrogen (secondary N) is 1. The van der Waals surface area contributed by atoms with Crippen LogP contribution in [0, 0.1) is 18.3 Å². The Labute approximate surface area is 184 Å². The van der Waals surface area contributed by atoms with Crippen LogP contribution < -0.4 is 5.32 Å². The summed E-state index contributed by atoms with van der Waals surface area (Å²) in [6, 6.07) is 20.9. The summed E-state index contributed by atoms with van der Waals surface area (Å²) >= 11 is 0. The standard InChI is InChI=1S/C24H27N3O3Si/c1-17-22(23(29-27-17)19-13-9-6-10-14-19)24(28)26-20(15-18-11-7-5-8-12-18)21(16-25)30-31(2,3)4/h5-14,20-21H,15H2,1-4H3,(H,26,28)/t20-,21?/m0/s1. The molecule has 0 bridgehead atoms. The second-order valence-electron chi connectivity index (χ2n) is 8.39. The van der Waals surface area contributed by atoms with E-state index in [-0.39, 0.29) is 5.91 Å². The average Bonchev–Trinajstić information content (AvgIpc) is 3.14. The fourth-order valence-corrected chi connectivity index (χ4v) is 4.32. The number of nitriles is 1. The molecule has 1 heterocycles. The first-order chi connectivity index (χ1) is 14.8. The number of carbonyl (C=O) groups excluding carboxylic acids is 1. The van der Waals surface area contributed by atoms with Gasteiger partial charge in [-0.1, -0.05) is 65.8 Å². The molecule has 1 N–H and O–H groups in total. The van der Waals surface area contributed by atoms with Crippen molar-refractivity contribution in [2.75, 3.05) is 0 Å². The van der Waals surface area contributed by atoms with Crippen molar-refractivity contribution in [3.8, 4) is 17.4 Å². The summed E-state index contributed by atoms with van der Waals surface area (Å²) in [5.74, 6) is 0.0756. The number of aromatic nitrogens is 1. The van der Waals surface area contributed by atoms with Gasteiger partial charge in [-0.3, -0.25) is 4.79 Å². The van der Waals surface area contributed by atoms with E-state index in [1.165, 1.54) is 0 Å². The molecule has 3 rings (SSSR count). The number of carbonyl (C=O) groups is 1. The summed E-state index contributed by atoms with van der Waals surface area (Å²) < 4.78 is 11.6. The van der Waals surface area contributed by atoms with Crippen LogP contribution >= 0.6 is 0 Å². The van der Waals surface area contributed by atoms with Gasteiger partial charge < -0.3 is 14.3 Å². The van der Waals surface area contributed by atoms with Crippen molar-refractivity contribution < 1.29 is 13.7 Å². The van der Waals surface area contributed by atoms with E-state index >= 15 is 0 Å². The summed E-state index contributed by atoms with van der Waals surface area (Å²) in [7, 11) is -2.02. The third kappa shape index (κ3) is 5.91. The van der Waals surface area contributed by atoms with E-state index < -0.39 is 20.5 Å². The summed E-state index contributed by atoms with van der Waals surface area (Å²) in [4.78, 5) is 13.3. The average molecular weight is 434 g/mol. The molecule has 3 aromatic rings. The van der Waals surface area contributed by atoms with Crippen LogP contribution in [-0.2, 0) is 10.8 Å². The van der Waals surface area contributed by atoms with Gasteiger partial charge >= 0.3 is 0 Å². The molecule has 0 spiro atoms. The molecule has 0 fully saturated rings. The first-order valence-corrected chi connectivity index (χ1v) is 13.6. The van der Waals surface area contributed by atoms with Crippen molar-refractivity contribution in [3.63, 3.8) is 0 Å². The molecular weight excluding hydrogens is 406 g/mol. The smallest absolute Gasteiger partial charge is 0.257 e. The molecule has 0 aliphatic rings. The molecule has 2 atom stereocenters. The molecule has 0 aliphatic heterocycles. The van der Waals surface area contributed by atoms with E-state index in [0.717, 1.165) is 11.1 Å². The van der Waals surface area contributed by atoms with Crippen LogP contribution in [0.5, 0.6) is 0 Å². The maximum Gasteiger partial charge on any atom is 0.257 e. The zero-order valence-corrected chi connectivity index (χ0v) is 19.3. The van der Waals surface area contributed by atoms with Gasteiger partial charge in [-0.05, 0) is 38.5 Å². The second kappa shape index (κ2) is 9.73. The Balaban J connectivity index is 1.92. The van der Waals surface area contributed by atoms with Gasteiger partial charge in [0, 0.05) is 5.56 Å². The molecule has 0 aliphatic carbocycles. The van der Waals surface area contributed by atoms with E-state index in [1.807, 2.05) is 80.3 Å². The number of amides is 1. The van der Waals surface area contributed by atoms with Crippen LogP contribution in [0.4, 0.5) is 0 Å². The lowest BCUT2D eigenvalue weighted by Gasteiger charge is -2.29. The van der Waals surface area contributed by atoms with Crippen molar-refractivity contribution in [1.82, 2.24) is 10.5 Å². The molecule has 0 radical (unpaired) electrons. The van der Waals surface area contributed by atoms with E-state index in [0.29, 0.717) is 23.4 Å². The Morgan fingerprint density at radius 1 is 1.13 bits per heavy atom. The second-order valence-corrected chi connectivity index (χ2v) is 12.8. The van der Waals surface area contributed by atoms with Gasteiger partial charge in [-0.25, -0.2) is 0 Å². The zero-order valence-electron chi connectivity index (χ0n) is 18.3. The highest BCUT2D eigenvalue weighted by atomic mass is 28.4. The van der Waals surface area contributed by atoms with Crippen LogP contribution in [0.2, 0.25) is 19.6 Å². The highest BCUT2D eigenvalue weighted by Gasteiger charge is 2.31. The number of nitrogens with zero attached hydrogens (tertiary/aromatic N) is 2. The van der Waals surface area contributed by atoms with E-state index in [2.05, 4.69) is 16.5 Å². The maximum absolute atomic E-state index is 13.3. The Bertz CT molecular complexity index is 1050. The molecular formula is C24H27N3O3Si. The van der Waals surface area contributed by atoms with Crippen molar-refractivity contribution in [3.05, 3.63) is 77.5 Å². The molecule has 1 unspecified atom stereocenters. The third-order valence-electron chi connectivity index (χ3n) is 4.71. The maximum atomic E-state index is 13.3. The van der Waals surface area contributed by atoms with Crippen LogP contribution in [0.1, 0.15) is 21.6 Å². The molecule has 0 saturated carbocycles. The Kier molecular flexibility index (Phi) is 7.05. The van der Waals surface area contributed by atoms with E-state index in [1.54, 1.807) is 6.92 Å². The molecule has 160 valence electrons. The minimum absolute atomic E-state index is 0.335. The van der Waals surface area contributed by atoms with Gasteiger partial charge in [0.2, 0.25) is 0 Å². The molecule has 31 heavy (non-hydrogen) atoms. The monoisotopic (exact) mass is 433 g/mol. The number of rotatable bonds is 8. The number of hydrogen-bond donors (Lipinski definition) is 1. The fraction of sp³-hybridized carbons (Fsp3) is 0.292. The van der Waals surface area contributed by atoms with Crippen molar-refractivity contribution >= 4 is 14.2 Å². The summed E-state index contributed by atoms with van der Waals surface area (Å²) in [5, 5.41) is 16.9. The summed E-state index contributed by atoms with van der Waals surface area (Å²) in [6.45, 7) is 7.81. The zero-order chi connectivity index (χ0) is 22.4. The minimum Gasteiger partial charge on any atom is -0.401 e. The lowest BCUT2D eigenvalue weighted by molar-refractivity contribution is 0.0898. The van der Waals surface area contributed by atoms with Gasteiger partial charge in [-0.15, -0.1) is 0 Å². The SMILES string of the molecule is Cc1noc(-c2ccccc2)c1C(=O)N[C@@H](Cc1ccccc1)C(C#N)O[Si](C)(C)C. The van der Waals surface area contributed by atoms with Crippen molar-refractivity contribution in [2.24, 2.45) is 0 Å². The Hall–Kier alpha value is -3.21. The van der Waals surface area contributed by atoms with E-state index in [4.69, 9.17) is 8.95 Å². The van der Waals surface area contributed by atoms with Crippen LogP contribution in [0.3, 0.4) is 0 Å². The molecule has 1 amide bonds. The van der Waals surface area contributed by atoms with Gasteiger partial charge in [0.15, 0.2) is 20.2 Å². The van der Waals surface area contributed by atoms with Crippen molar-refractivity contribution in [1.29, 1.82) is 5.26 Å². The van der Waals surface area contributed by atoms with Crippen LogP contribution in [-0.4, -0.2) is 31.5 Å². The highest BCUT2D eigenvalue weighted by Crippen LogP contribution is 2.26. The van der Waals surface area contributed by atoms with E-state index in [9.17, 15) is 10.1 Å². The molecule has 0 saturated heterocycles. The van der Waals surface area contributed by atoms with Gasteiger partial charge in [0.05, 0.1) is 17.8 Å². The molecule has 7 heteroatoms. The first kappa shape index (κ1) is 22.5. The summed E-state index contributed by atoms with van der Waals surface area (Å²) in [6.07, 6.45) is -0.295. The molecule has 1 aromatic heterocycles. The van der Waals surface area contributed by atoms with Gasteiger partial charge in [0.1, 0.15) is 5.56 Å². The minimum atomic E-state index is -2.02. The van der Waals surface area contributed by atoms with Crippen molar-refractivity contribution in [2.45, 2.75) is 45.1 Å². The number of hydrogen-bond acceptors (Lipinski definition) is 5. The summed E-state index contributed by atoms with van der Waals surface area (Å²) in [5.41, 5.74) is 2.64. The van der Waals surface area contributed by atoms with Crippen LogP contribution in [0.25, 0.3) is 11.3 Å². The first-order valence-electron chi connectivity index (χ1n) is 10.2. The highest BCUT2D eigenvalue weighted by molar-refractivity contribution is 6.69. The third-order valence-corrected chi connectivity index (χ3v) is 5.67. The van der Waals surface area contributed by atoms with Crippen LogP contribution in [0.15, 0.2) is 65.2 Å². The van der Waals surface area contributed by atoms with Gasteiger partial charge in [-0.2, -0.15) is 5.26 Å². The number of benzene rings is 2. The lowest BCUT2D eigenvalue weighted by Crippen LogP contribution is -2.49. The quantitative estimate of drug-likeness (QED) is 0.519. The topological polar surface area (TPSA) is 88.2 Å². The normalized spacial score (nSPS) is 13.3.